The topological polar surface area (TPSA) is 93.5 Å². The quantitative estimate of drug-likeness (QED) is 0.584. The van der Waals surface area contributed by atoms with Crippen LogP contribution in [0.1, 0.15) is 4.88 Å². The van der Waals surface area contributed by atoms with Crippen molar-refractivity contribution < 1.29 is 23.2 Å². The van der Waals surface area contributed by atoms with Crippen LogP contribution in [0.2, 0.25) is 0 Å². The molecule has 2 rings (SSSR count). The maximum absolute atomic E-state index is 12.4. The number of nitro groups is 1. The predicted molar refractivity (Wildman–Crippen MR) is 84.8 cm³/mol. The van der Waals surface area contributed by atoms with Gasteiger partial charge in [-0.15, -0.1) is 11.3 Å². The molecule has 0 aliphatic carbocycles. The van der Waals surface area contributed by atoms with E-state index in [9.17, 15) is 23.7 Å². The summed E-state index contributed by atoms with van der Waals surface area (Å²) in [6.45, 7) is -2.79. The number of anilines is 1. The SMILES string of the molecule is O=C(NCCc1cccs1)Nc1cc([N+](=O)[O-])ccc1OC(F)F. The average molecular weight is 357 g/mol. The first kappa shape index (κ1) is 17.6. The fourth-order valence-electron chi connectivity index (χ4n) is 1.85. The van der Waals surface area contributed by atoms with Crippen LogP contribution in [0, 0.1) is 10.1 Å². The molecule has 0 atom stereocenters. The molecule has 0 saturated heterocycles. The zero-order valence-corrected chi connectivity index (χ0v) is 13.0. The first-order chi connectivity index (χ1) is 11.5. The van der Waals surface area contributed by atoms with Crippen LogP contribution in [-0.4, -0.2) is 24.1 Å². The van der Waals surface area contributed by atoms with Gasteiger partial charge in [-0.2, -0.15) is 8.78 Å². The molecule has 10 heteroatoms. The number of carbonyl (C=O) groups excluding carboxylic acids is 1. The molecule has 2 aromatic rings. The molecule has 0 spiro atoms. The number of hydrogen-bond acceptors (Lipinski definition) is 5. The maximum atomic E-state index is 12.4. The molecule has 1 aromatic carbocycles. The second-order valence-electron chi connectivity index (χ2n) is 4.53. The third-order valence-electron chi connectivity index (χ3n) is 2.88. The summed E-state index contributed by atoms with van der Waals surface area (Å²) in [5.41, 5.74) is -0.566. The number of alkyl halides is 2. The first-order valence-corrected chi connectivity index (χ1v) is 7.64. The van der Waals surface area contributed by atoms with Crippen molar-refractivity contribution in [2.45, 2.75) is 13.0 Å². The molecule has 1 aromatic heterocycles. The lowest BCUT2D eigenvalue weighted by molar-refractivity contribution is -0.384. The van der Waals surface area contributed by atoms with E-state index in [1.165, 1.54) is 0 Å². The van der Waals surface area contributed by atoms with Gasteiger partial charge in [-0.3, -0.25) is 10.1 Å². The molecule has 2 N–H and O–H groups in total. The van der Waals surface area contributed by atoms with Gasteiger partial charge in [0.2, 0.25) is 0 Å². The Labute approximate surface area is 139 Å². The zero-order chi connectivity index (χ0) is 17.5. The van der Waals surface area contributed by atoms with Gasteiger partial charge in [-0.1, -0.05) is 6.07 Å². The molecule has 128 valence electrons. The number of nitro benzene ring substituents is 1. The van der Waals surface area contributed by atoms with Crippen LogP contribution in [0.4, 0.5) is 25.0 Å². The number of nitrogens with zero attached hydrogens (tertiary/aromatic N) is 1. The van der Waals surface area contributed by atoms with Crippen LogP contribution in [0.15, 0.2) is 35.7 Å². The Morgan fingerprint density at radius 3 is 2.79 bits per heavy atom. The normalized spacial score (nSPS) is 10.5. The highest BCUT2D eigenvalue weighted by molar-refractivity contribution is 7.09. The highest BCUT2D eigenvalue weighted by atomic mass is 32.1. The second kappa shape index (κ2) is 8.20. The second-order valence-corrected chi connectivity index (χ2v) is 5.56. The Bertz CT molecular complexity index is 710. The van der Waals surface area contributed by atoms with E-state index in [-0.39, 0.29) is 17.1 Å². The van der Waals surface area contributed by atoms with E-state index in [0.717, 1.165) is 23.1 Å². The molecule has 0 bridgehead atoms. The van der Waals surface area contributed by atoms with Crippen LogP contribution in [0.5, 0.6) is 5.75 Å². The zero-order valence-electron chi connectivity index (χ0n) is 12.2. The van der Waals surface area contributed by atoms with Crippen molar-refractivity contribution in [1.82, 2.24) is 5.32 Å². The van der Waals surface area contributed by atoms with Crippen LogP contribution in [-0.2, 0) is 6.42 Å². The van der Waals surface area contributed by atoms with E-state index < -0.39 is 17.6 Å². The lowest BCUT2D eigenvalue weighted by Crippen LogP contribution is -2.30. The van der Waals surface area contributed by atoms with Gasteiger partial charge in [-0.05, 0) is 23.9 Å². The standard InChI is InChI=1S/C14H13F2N3O4S/c15-13(16)23-12-4-3-9(19(21)22)8-11(12)18-14(20)17-6-5-10-2-1-7-24-10/h1-4,7-8,13H,5-6H2,(H2,17,18,20). The predicted octanol–water partition coefficient (Wildman–Crippen LogP) is 3.62. The summed E-state index contributed by atoms with van der Waals surface area (Å²) >= 11 is 1.54. The number of thiophene rings is 1. The molecular formula is C14H13F2N3O4S. The van der Waals surface area contributed by atoms with Gasteiger partial charge in [0.25, 0.3) is 5.69 Å². The van der Waals surface area contributed by atoms with Gasteiger partial charge in [0.1, 0.15) is 5.75 Å². The molecule has 2 amide bonds. The Hall–Kier alpha value is -2.75. The minimum atomic E-state index is -3.12. The largest absolute Gasteiger partial charge is 0.433 e. The van der Waals surface area contributed by atoms with Crippen molar-refractivity contribution in [1.29, 1.82) is 0 Å². The number of carbonyl (C=O) groups is 1. The summed E-state index contributed by atoms with van der Waals surface area (Å²) in [5.74, 6) is -0.357. The van der Waals surface area contributed by atoms with Gasteiger partial charge in [0, 0.05) is 23.6 Å². The van der Waals surface area contributed by atoms with Gasteiger partial charge in [0.05, 0.1) is 10.6 Å². The third-order valence-corrected chi connectivity index (χ3v) is 3.81. The molecule has 0 unspecified atom stereocenters. The van der Waals surface area contributed by atoms with Crippen LogP contribution >= 0.6 is 11.3 Å². The number of halogens is 2. The molecule has 0 fully saturated rings. The van der Waals surface area contributed by atoms with Crippen molar-refractivity contribution in [2.75, 3.05) is 11.9 Å². The number of benzene rings is 1. The summed E-state index contributed by atoms with van der Waals surface area (Å²) in [5, 5.41) is 17.5. The van der Waals surface area contributed by atoms with E-state index in [2.05, 4.69) is 15.4 Å². The van der Waals surface area contributed by atoms with E-state index >= 15 is 0 Å². The number of rotatable bonds is 7. The van der Waals surface area contributed by atoms with Gasteiger partial charge in [-0.25, -0.2) is 4.79 Å². The molecule has 0 aliphatic rings. The first-order valence-electron chi connectivity index (χ1n) is 6.76. The van der Waals surface area contributed by atoms with Crippen molar-refractivity contribution in [3.05, 3.63) is 50.7 Å². The lowest BCUT2D eigenvalue weighted by Gasteiger charge is -2.12. The highest BCUT2D eigenvalue weighted by Crippen LogP contribution is 2.30. The third kappa shape index (κ3) is 5.16. The Kier molecular flexibility index (Phi) is 6.01. The number of amides is 2. The minimum absolute atomic E-state index is 0.210. The Morgan fingerprint density at radius 1 is 1.38 bits per heavy atom. The number of non-ortho nitro benzene ring substituents is 1. The van der Waals surface area contributed by atoms with Gasteiger partial charge in [0.15, 0.2) is 0 Å². The Balaban J connectivity index is 2.00. The number of urea groups is 1. The molecule has 0 radical (unpaired) electrons. The molecule has 0 saturated carbocycles. The summed E-state index contributed by atoms with van der Waals surface area (Å²) in [6.07, 6.45) is 0.612. The number of nitrogens with one attached hydrogen (secondary N) is 2. The summed E-state index contributed by atoms with van der Waals surface area (Å²) in [6, 6.07) is 6.10. The lowest BCUT2D eigenvalue weighted by atomic mass is 10.2. The number of ether oxygens (including phenoxy) is 1. The summed E-state index contributed by atoms with van der Waals surface area (Å²) < 4.78 is 29.0. The van der Waals surface area contributed by atoms with E-state index in [0.29, 0.717) is 13.0 Å². The summed E-state index contributed by atoms with van der Waals surface area (Å²) in [4.78, 5) is 23.0. The van der Waals surface area contributed by atoms with Crippen molar-refractivity contribution in [3.63, 3.8) is 0 Å². The minimum Gasteiger partial charge on any atom is -0.433 e. The number of hydrogen-bond donors (Lipinski definition) is 2. The molecule has 0 aliphatic heterocycles. The van der Waals surface area contributed by atoms with Crippen LogP contribution < -0.4 is 15.4 Å². The fourth-order valence-corrected chi connectivity index (χ4v) is 2.56. The Morgan fingerprint density at radius 2 is 2.17 bits per heavy atom. The molecular weight excluding hydrogens is 344 g/mol. The van der Waals surface area contributed by atoms with Gasteiger partial charge < -0.3 is 15.4 Å². The van der Waals surface area contributed by atoms with E-state index in [1.54, 1.807) is 11.3 Å². The van der Waals surface area contributed by atoms with Crippen LogP contribution in [0.25, 0.3) is 0 Å². The van der Waals surface area contributed by atoms with E-state index in [4.69, 9.17) is 0 Å². The van der Waals surface area contributed by atoms with Crippen molar-refractivity contribution in [2.24, 2.45) is 0 Å². The summed E-state index contributed by atoms with van der Waals surface area (Å²) in [7, 11) is 0. The van der Waals surface area contributed by atoms with E-state index in [1.807, 2.05) is 17.5 Å². The fraction of sp³-hybridized carbons (Fsp3) is 0.214. The average Bonchev–Trinajstić information content (AvgIpc) is 3.01. The van der Waals surface area contributed by atoms with Crippen molar-refractivity contribution >= 4 is 28.7 Å². The monoisotopic (exact) mass is 357 g/mol. The molecule has 24 heavy (non-hydrogen) atoms. The molecule has 1 heterocycles. The smallest absolute Gasteiger partial charge is 0.387 e. The maximum Gasteiger partial charge on any atom is 0.387 e. The van der Waals surface area contributed by atoms with Crippen molar-refractivity contribution in [3.8, 4) is 5.75 Å². The van der Waals surface area contributed by atoms with Crippen LogP contribution in [0.3, 0.4) is 0 Å². The molecule has 7 nitrogen and oxygen atoms in total. The van der Waals surface area contributed by atoms with Gasteiger partial charge >= 0.3 is 12.6 Å². The highest BCUT2D eigenvalue weighted by Gasteiger charge is 2.16.